The molecule has 0 aliphatic carbocycles. The van der Waals surface area contributed by atoms with E-state index in [0.29, 0.717) is 0 Å². The molecular formula is C15H17IN4S. The highest BCUT2D eigenvalue weighted by Gasteiger charge is 2.40. The Morgan fingerprint density at radius 3 is 2.62 bits per heavy atom. The van der Waals surface area contributed by atoms with Crippen LogP contribution in [0.25, 0.3) is 0 Å². The van der Waals surface area contributed by atoms with Crippen molar-refractivity contribution in [3.63, 3.8) is 0 Å². The maximum Gasteiger partial charge on any atom is 0.169 e. The van der Waals surface area contributed by atoms with E-state index in [9.17, 15) is 0 Å². The van der Waals surface area contributed by atoms with Crippen LogP contribution in [-0.2, 0) is 0 Å². The van der Waals surface area contributed by atoms with Gasteiger partial charge in [-0.25, -0.2) is 0 Å². The Balaban J connectivity index is 2.11. The van der Waals surface area contributed by atoms with Gasteiger partial charge in [-0.15, -0.1) is 0 Å². The van der Waals surface area contributed by atoms with Crippen molar-refractivity contribution in [1.29, 1.82) is 0 Å². The lowest BCUT2D eigenvalue weighted by molar-refractivity contribution is 0.366. The Kier molecular flexibility index (Phi) is 3.92. The van der Waals surface area contributed by atoms with E-state index in [1.807, 2.05) is 31.4 Å². The fraction of sp³-hybridized carbons (Fsp3) is 0.333. The molecule has 3 heterocycles. The van der Waals surface area contributed by atoms with Crippen LogP contribution >= 0.6 is 34.8 Å². The molecule has 1 aliphatic heterocycles. The summed E-state index contributed by atoms with van der Waals surface area (Å²) in [5, 5.41) is 4.18. The molecule has 0 bridgehead atoms. The molecule has 0 saturated carbocycles. The van der Waals surface area contributed by atoms with E-state index in [2.05, 4.69) is 56.6 Å². The van der Waals surface area contributed by atoms with E-state index in [0.717, 1.165) is 10.8 Å². The van der Waals surface area contributed by atoms with Crippen molar-refractivity contribution < 1.29 is 0 Å². The lowest BCUT2D eigenvalue weighted by Gasteiger charge is -2.24. The van der Waals surface area contributed by atoms with Crippen molar-refractivity contribution in [2.24, 2.45) is 0 Å². The maximum atomic E-state index is 5.46. The molecule has 3 rings (SSSR count). The summed E-state index contributed by atoms with van der Waals surface area (Å²) >= 11 is 7.88. The minimum absolute atomic E-state index is 0.0751. The largest absolute Gasteiger partial charge is 0.362 e. The number of nitrogens with zero attached hydrogens (tertiary/aromatic N) is 2. The van der Waals surface area contributed by atoms with Crippen LogP contribution in [0.1, 0.15) is 34.7 Å². The highest BCUT2D eigenvalue weighted by molar-refractivity contribution is 14.1. The van der Waals surface area contributed by atoms with Crippen LogP contribution in [0.4, 0.5) is 0 Å². The van der Waals surface area contributed by atoms with Gasteiger partial charge in [-0.3, -0.25) is 4.98 Å². The van der Waals surface area contributed by atoms with Gasteiger partial charge in [0.25, 0.3) is 0 Å². The summed E-state index contributed by atoms with van der Waals surface area (Å²) < 4.78 is 1.27. The summed E-state index contributed by atoms with van der Waals surface area (Å²) in [7, 11) is 2.04. The van der Waals surface area contributed by atoms with Gasteiger partial charge >= 0.3 is 0 Å². The summed E-state index contributed by atoms with van der Waals surface area (Å²) in [6.07, 6.45) is 1.83. The van der Waals surface area contributed by atoms with Crippen LogP contribution < -0.4 is 5.32 Å². The first-order valence-electron chi connectivity index (χ1n) is 6.79. The molecule has 0 aromatic carbocycles. The quantitative estimate of drug-likeness (QED) is 0.588. The van der Waals surface area contributed by atoms with Crippen LogP contribution in [0.15, 0.2) is 24.4 Å². The van der Waals surface area contributed by atoms with Gasteiger partial charge in [0.2, 0.25) is 0 Å². The molecule has 0 unspecified atom stereocenters. The molecule has 110 valence electrons. The molecule has 0 amide bonds. The third kappa shape index (κ3) is 2.44. The molecule has 2 N–H and O–H groups in total. The third-order valence-electron chi connectivity index (χ3n) is 3.98. The molecule has 2 aromatic rings. The standard InChI is InChI=1S/C15H17IN4S/c1-8-11(12(16)9(2)18-8)14-13(19-15(21)20(14)3)10-6-4-5-7-17-10/h4-7,13-14,18H,1-3H3,(H,19,21)/t13-,14+/m1/s1. The molecule has 1 fully saturated rings. The van der Waals surface area contributed by atoms with Crippen LogP contribution in [0, 0.1) is 17.4 Å². The summed E-state index contributed by atoms with van der Waals surface area (Å²) in [5.74, 6) is 0. The van der Waals surface area contributed by atoms with Gasteiger partial charge in [-0.05, 0) is 60.8 Å². The van der Waals surface area contributed by atoms with E-state index in [-0.39, 0.29) is 12.1 Å². The predicted octanol–water partition coefficient (Wildman–Crippen LogP) is 3.23. The van der Waals surface area contributed by atoms with E-state index in [4.69, 9.17) is 12.2 Å². The minimum atomic E-state index is 0.0751. The third-order valence-corrected chi connectivity index (χ3v) is 5.78. The van der Waals surface area contributed by atoms with Crippen LogP contribution in [0.2, 0.25) is 0 Å². The number of halogens is 1. The van der Waals surface area contributed by atoms with Crippen LogP contribution in [-0.4, -0.2) is 27.0 Å². The second-order valence-electron chi connectivity index (χ2n) is 5.34. The first-order valence-corrected chi connectivity index (χ1v) is 8.28. The molecule has 1 aliphatic rings. The van der Waals surface area contributed by atoms with E-state index in [1.54, 1.807) is 0 Å². The van der Waals surface area contributed by atoms with Crippen LogP contribution in [0.3, 0.4) is 0 Å². The van der Waals surface area contributed by atoms with Crippen LogP contribution in [0.5, 0.6) is 0 Å². The molecule has 21 heavy (non-hydrogen) atoms. The minimum Gasteiger partial charge on any atom is -0.362 e. The molecule has 4 nitrogen and oxygen atoms in total. The van der Waals surface area contributed by atoms with Crippen molar-refractivity contribution >= 4 is 39.9 Å². The number of aromatic amines is 1. The number of nitrogens with one attached hydrogen (secondary N) is 2. The number of thiocarbonyl (C=S) groups is 1. The number of rotatable bonds is 2. The topological polar surface area (TPSA) is 44.0 Å². The summed E-state index contributed by atoms with van der Waals surface area (Å²) in [6.45, 7) is 4.23. The number of hydrogen-bond donors (Lipinski definition) is 2. The Morgan fingerprint density at radius 1 is 1.29 bits per heavy atom. The Hall–Kier alpha value is -1.15. The van der Waals surface area contributed by atoms with Crippen molar-refractivity contribution in [3.8, 4) is 0 Å². The number of H-pyrrole nitrogens is 1. The molecule has 2 atom stereocenters. The summed E-state index contributed by atoms with van der Waals surface area (Å²) in [6, 6.07) is 6.23. The van der Waals surface area contributed by atoms with Crippen molar-refractivity contribution in [2.75, 3.05) is 7.05 Å². The van der Waals surface area contributed by atoms with Gasteiger partial charge in [0.05, 0.1) is 17.8 Å². The van der Waals surface area contributed by atoms with Gasteiger partial charge in [-0.2, -0.15) is 0 Å². The highest BCUT2D eigenvalue weighted by atomic mass is 127. The summed E-state index contributed by atoms with van der Waals surface area (Å²) in [5.41, 5.74) is 4.72. The van der Waals surface area contributed by atoms with E-state index >= 15 is 0 Å². The Bertz CT molecular complexity index is 682. The van der Waals surface area contributed by atoms with E-state index in [1.165, 1.54) is 20.5 Å². The van der Waals surface area contributed by atoms with Gasteiger partial charge < -0.3 is 15.2 Å². The first-order chi connectivity index (χ1) is 10.0. The lowest BCUT2D eigenvalue weighted by atomic mass is 9.97. The fourth-order valence-corrected chi connectivity index (χ4v) is 4.04. The normalized spacial score (nSPS) is 21.7. The van der Waals surface area contributed by atoms with Gasteiger partial charge in [0.1, 0.15) is 0 Å². The number of likely N-dealkylation sites (N-methyl/N-ethyl adjacent to an activating group) is 1. The molecule has 6 heteroatoms. The van der Waals surface area contributed by atoms with Crippen molar-refractivity contribution in [3.05, 3.63) is 50.6 Å². The Morgan fingerprint density at radius 2 is 2.05 bits per heavy atom. The zero-order valence-corrected chi connectivity index (χ0v) is 15.1. The number of pyridine rings is 1. The fourth-order valence-electron chi connectivity index (χ4n) is 2.94. The van der Waals surface area contributed by atoms with E-state index < -0.39 is 0 Å². The molecule has 0 spiro atoms. The second-order valence-corrected chi connectivity index (χ2v) is 6.81. The second kappa shape index (κ2) is 5.57. The average molecular weight is 412 g/mol. The highest BCUT2D eigenvalue weighted by Crippen LogP contribution is 2.41. The lowest BCUT2D eigenvalue weighted by Crippen LogP contribution is -2.25. The SMILES string of the molecule is Cc1[nH]c(C)c([C@H]2[C@@H](c3ccccn3)NC(=S)N2C)c1I. The van der Waals surface area contributed by atoms with Gasteiger partial charge in [0.15, 0.2) is 5.11 Å². The smallest absolute Gasteiger partial charge is 0.169 e. The van der Waals surface area contributed by atoms with Gasteiger partial charge in [-0.1, -0.05) is 6.07 Å². The molecule has 1 saturated heterocycles. The zero-order chi connectivity index (χ0) is 15.1. The molecule has 0 radical (unpaired) electrons. The molecule has 2 aromatic heterocycles. The number of hydrogen-bond acceptors (Lipinski definition) is 2. The Labute approximate surface area is 143 Å². The summed E-state index contributed by atoms with van der Waals surface area (Å²) in [4.78, 5) is 10.1. The first kappa shape index (κ1) is 14.8. The zero-order valence-electron chi connectivity index (χ0n) is 12.1. The number of aryl methyl sites for hydroxylation is 2. The number of aromatic nitrogens is 2. The van der Waals surface area contributed by atoms with Gasteiger partial charge in [0, 0.05) is 33.8 Å². The maximum absolute atomic E-state index is 5.46. The average Bonchev–Trinajstić information content (AvgIpc) is 2.89. The predicted molar refractivity (Wildman–Crippen MR) is 96.2 cm³/mol. The van der Waals surface area contributed by atoms with Crippen molar-refractivity contribution in [1.82, 2.24) is 20.2 Å². The van der Waals surface area contributed by atoms with Crippen molar-refractivity contribution in [2.45, 2.75) is 25.9 Å². The monoisotopic (exact) mass is 412 g/mol. The molecular weight excluding hydrogens is 395 g/mol.